The van der Waals surface area contributed by atoms with Gasteiger partial charge in [-0.1, -0.05) is 11.6 Å². The number of nitrogens with one attached hydrogen (secondary N) is 1. The first kappa shape index (κ1) is 16.4. The van der Waals surface area contributed by atoms with Crippen LogP contribution in [-0.2, 0) is 9.53 Å². The maximum atomic E-state index is 13.7. The van der Waals surface area contributed by atoms with Crippen LogP contribution in [-0.4, -0.2) is 36.7 Å². The zero-order valence-corrected chi connectivity index (χ0v) is 12.5. The number of rotatable bonds is 5. The van der Waals surface area contributed by atoms with Crippen molar-refractivity contribution in [3.05, 3.63) is 35.1 Å². The first-order valence-electron chi connectivity index (χ1n) is 7.34. The predicted octanol–water partition coefficient (Wildman–Crippen LogP) is 1.99. The molecule has 1 unspecified atom stereocenters. The van der Waals surface area contributed by atoms with Crippen molar-refractivity contribution in [3.8, 4) is 0 Å². The maximum Gasteiger partial charge on any atom is 0.308 e. The molecule has 1 aliphatic heterocycles. The molecule has 1 heterocycles. The molecule has 1 aromatic rings. The Balaban J connectivity index is 2.01. The summed E-state index contributed by atoms with van der Waals surface area (Å²) in [6.45, 7) is 2.83. The number of carbonyl (C=O) groups excluding carboxylic acids is 1. The van der Waals surface area contributed by atoms with Gasteiger partial charge in [0.2, 0.25) is 0 Å². The summed E-state index contributed by atoms with van der Waals surface area (Å²) >= 11 is 0. The molecule has 1 aliphatic rings. The molecule has 2 N–H and O–H groups in total. The molecular weight excluding hydrogens is 289 g/mol. The number of carbonyl (C=O) groups is 2. The number of aryl methyl sites for hydroxylation is 1. The van der Waals surface area contributed by atoms with Crippen LogP contribution < -0.4 is 5.32 Å². The van der Waals surface area contributed by atoms with Gasteiger partial charge in [0.15, 0.2) is 0 Å². The highest BCUT2D eigenvalue weighted by molar-refractivity contribution is 5.94. The van der Waals surface area contributed by atoms with Crippen LogP contribution in [0.25, 0.3) is 0 Å². The quantitative estimate of drug-likeness (QED) is 0.872. The minimum Gasteiger partial charge on any atom is -0.481 e. The number of halogens is 1. The van der Waals surface area contributed by atoms with Crippen molar-refractivity contribution in [1.82, 2.24) is 5.32 Å². The average Bonchev–Trinajstić information content (AvgIpc) is 2.50. The molecule has 0 radical (unpaired) electrons. The lowest BCUT2D eigenvalue weighted by atomic mass is 9.86. The van der Waals surface area contributed by atoms with Gasteiger partial charge >= 0.3 is 5.97 Å². The number of ether oxygens (including phenoxy) is 1. The summed E-state index contributed by atoms with van der Waals surface area (Å²) in [6.07, 6.45) is 1.32. The highest BCUT2D eigenvalue weighted by Crippen LogP contribution is 2.24. The summed E-state index contributed by atoms with van der Waals surface area (Å²) in [5, 5.41) is 11.9. The molecule has 5 nitrogen and oxygen atoms in total. The molecule has 1 aromatic carbocycles. The summed E-state index contributed by atoms with van der Waals surface area (Å²) in [6, 6.07) is 4.26. The Hall–Kier alpha value is -1.95. The van der Waals surface area contributed by atoms with Crippen LogP contribution >= 0.6 is 0 Å². The number of hydrogen-bond acceptors (Lipinski definition) is 3. The van der Waals surface area contributed by atoms with Crippen LogP contribution in [0.5, 0.6) is 0 Å². The van der Waals surface area contributed by atoms with Crippen LogP contribution in [0.4, 0.5) is 4.39 Å². The summed E-state index contributed by atoms with van der Waals surface area (Å²) in [5.74, 6) is -2.85. The van der Waals surface area contributed by atoms with Crippen molar-refractivity contribution >= 4 is 11.9 Å². The molecule has 22 heavy (non-hydrogen) atoms. The SMILES string of the molecule is Cc1ccc(F)c(C(=O)NCC(C(=O)O)C2CCOCC2)c1. The van der Waals surface area contributed by atoms with Gasteiger partial charge in [-0.25, -0.2) is 4.39 Å². The van der Waals surface area contributed by atoms with Crippen molar-refractivity contribution in [1.29, 1.82) is 0 Å². The molecule has 1 amide bonds. The number of hydrogen-bond donors (Lipinski definition) is 2. The van der Waals surface area contributed by atoms with Crippen LogP contribution in [0.15, 0.2) is 18.2 Å². The van der Waals surface area contributed by atoms with Crippen molar-refractivity contribution < 1.29 is 23.8 Å². The highest BCUT2D eigenvalue weighted by Gasteiger charge is 2.30. The lowest BCUT2D eigenvalue weighted by molar-refractivity contribution is -0.144. The van der Waals surface area contributed by atoms with E-state index in [4.69, 9.17) is 4.74 Å². The molecule has 2 rings (SSSR count). The third-order valence-corrected chi connectivity index (χ3v) is 4.00. The highest BCUT2D eigenvalue weighted by atomic mass is 19.1. The number of benzene rings is 1. The maximum absolute atomic E-state index is 13.7. The molecule has 0 spiro atoms. The second-order valence-electron chi connectivity index (χ2n) is 5.59. The second kappa shape index (κ2) is 7.35. The Morgan fingerprint density at radius 1 is 1.41 bits per heavy atom. The van der Waals surface area contributed by atoms with Crippen molar-refractivity contribution in [3.63, 3.8) is 0 Å². The van der Waals surface area contributed by atoms with E-state index in [0.29, 0.717) is 26.1 Å². The van der Waals surface area contributed by atoms with E-state index in [0.717, 1.165) is 5.56 Å². The number of amides is 1. The zero-order chi connectivity index (χ0) is 16.1. The molecule has 0 aromatic heterocycles. The number of aliphatic carboxylic acids is 1. The Bertz CT molecular complexity index is 555. The van der Waals surface area contributed by atoms with Crippen LogP contribution in [0.1, 0.15) is 28.8 Å². The van der Waals surface area contributed by atoms with E-state index >= 15 is 0 Å². The fourth-order valence-electron chi connectivity index (χ4n) is 2.68. The third-order valence-electron chi connectivity index (χ3n) is 4.00. The zero-order valence-electron chi connectivity index (χ0n) is 12.5. The smallest absolute Gasteiger partial charge is 0.308 e. The second-order valence-corrected chi connectivity index (χ2v) is 5.59. The minimum atomic E-state index is -0.947. The first-order chi connectivity index (χ1) is 10.5. The predicted molar refractivity (Wildman–Crippen MR) is 78.1 cm³/mol. The average molecular weight is 309 g/mol. The summed E-state index contributed by atoms with van der Waals surface area (Å²) in [5.41, 5.74) is 0.710. The molecule has 1 atom stereocenters. The van der Waals surface area contributed by atoms with Gasteiger partial charge < -0.3 is 15.2 Å². The van der Waals surface area contributed by atoms with E-state index < -0.39 is 23.6 Å². The van der Waals surface area contributed by atoms with E-state index in [-0.39, 0.29) is 18.0 Å². The van der Waals surface area contributed by atoms with Crippen LogP contribution in [0.3, 0.4) is 0 Å². The monoisotopic (exact) mass is 309 g/mol. The summed E-state index contributed by atoms with van der Waals surface area (Å²) < 4.78 is 18.9. The fraction of sp³-hybridized carbons (Fsp3) is 0.500. The standard InChI is InChI=1S/C16H20FNO4/c1-10-2-3-14(17)12(8-10)15(19)18-9-13(16(20)21)11-4-6-22-7-5-11/h2-3,8,11,13H,4-7,9H2,1H3,(H,18,19)(H,20,21). The van der Waals surface area contributed by atoms with Gasteiger partial charge in [-0.15, -0.1) is 0 Å². The molecule has 0 bridgehead atoms. The van der Waals surface area contributed by atoms with Gasteiger partial charge in [0.05, 0.1) is 11.5 Å². The molecule has 0 saturated carbocycles. The first-order valence-corrected chi connectivity index (χ1v) is 7.34. The topological polar surface area (TPSA) is 75.6 Å². The Morgan fingerprint density at radius 2 is 2.09 bits per heavy atom. The van der Waals surface area contributed by atoms with Gasteiger partial charge in [0.25, 0.3) is 5.91 Å². The summed E-state index contributed by atoms with van der Waals surface area (Å²) in [7, 11) is 0. The van der Waals surface area contributed by atoms with Gasteiger partial charge in [-0.05, 0) is 37.8 Å². The van der Waals surface area contributed by atoms with E-state index in [9.17, 15) is 19.1 Å². The van der Waals surface area contributed by atoms with Gasteiger partial charge in [0.1, 0.15) is 5.82 Å². The molecular formula is C16H20FNO4. The molecule has 0 aliphatic carbocycles. The van der Waals surface area contributed by atoms with Crippen molar-refractivity contribution in [2.75, 3.05) is 19.8 Å². The molecule has 120 valence electrons. The van der Waals surface area contributed by atoms with Gasteiger partial charge in [0, 0.05) is 19.8 Å². The largest absolute Gasteiger partial charge is 0.481 e. The normalized spacial score (nSPS) is 17.0. The van der Waals surface area contributed by atoms with E-state index in [1.54, 1.807) is 13.0 Å². The van der Waals surface area contributed by atoms with Gasteiger partial charge in [-0.2, -0.15) is 0 Å². The lowest BCUT2D eigenvalue weighted by Gasteiger charge is -2.27. The Kier molecular flexibility index (Phi) is 5.49. The number of carboxylic acids is 1. The van der Waals surface area contributed by atoms with E-state index in [1.807, 2.05) is 0 Å². The van der Waals surface area contributed by atoms with Crippen LogP contribution in [0.2, 0.25) is 0 Å². The van der Waals surface area contributed by atoms with E-state index in [2.05, 4.69) is 5.32 Å². The fourth-order valence-corrected chi connectivity index (χ4v) is 2.68. The minimum absolute atomic E-state index is 0.00772. The number of carboxylic acid groups (broad SMARTS) is 1. The summed E-state index contributed by atoms with van der Waals surface area (Å²) in [4.78, 5) is 23.5. The van der Waals surface area contributed by atoms with E-state index in [1.165, 1.54) is 12.1 Å². The van der Waals surface area contributed by atoms with Crippen LogP contribution in [0, 0.1) is 24.6 Å². The Labute approximate surface area is 128 Å². The molecule has 6 heteroatoms. The Morgan fingerprint density at radius 3 is 2.73 bits per heavy atom. The van der Waals surface area contributed by atoms with Gasteiger partial charge in [-0.3, -0.25) is 9.59 Å². The van der Waals surface area contributed by atoms with Crippen molar-refractivity contribution in [2.45, 2.75) is 19.8 Å². The molecule has 1 fully saturated rings. The molecule has 1 saturated heterocycles. The van der Waals surface area contributed by atoms with Crippen molar-refractivity contribution in [2.24, 2.45) is 11.8 Å². The lowest BCUT2D eigenvalue weighted by Crippen LogP contribution is -2.39. The third kappa shape index (κ3) is 4.04.